The first-order valence-corrected chi connectivity index (χ1v) is 1.85. The second-order valence-corrected chi connectivity index (χ2v) is 1.13. The summed E-state index contributed by atoms with van der Waals surface area (Å²) in [5.41, 5.74) is 0. The van der Waals surface area contributed by atoms with Crippen molar-refractivity contribution in [1.82, 2.24) is 0 Å². The fourth-order valence-corrected chi connectivity index (χ4v) is 0. The molecule has 0 atom stereocenters. The van der Waals surface area contributed by atoms with Crippen molar-refractivity contribution in [2.45, 2.75) is 0 Å². The van der Waals surface area contributed by atoms with Gasteiger partial charge in [-0.05, 0) is 0 Å². The van der Waals surface area contributed by atoms with E-state index in [2.05, 4.69) is 0 Å². The zero-order valence-electron chi connectivity index (χ0n) is 3.43. The molecule has 0 aromatic heterocycles. The molecule has 0 aliphatic rings. The van der Waals surface area contributed by atoms with E-state index in [1.165, 1.54) is 0 Å². The van der Waals surface area contributed by atoms with Crippen LogP contribution >= 0.6 is 0 Å². The Morgan fingerprint density at radius 1 is 0.857 bits per heavy atom. The standard InChI is InChI=1S/Ba.Ca.ClHO4/c;;2-1(3,4)5/h;;(H,2,3,4,5)/q2*+2;/p-1. The third-order valence-electron chi connectivity index (χ3n) is 0. The molecule has 0 aromatic rings. The Balaban J connectivity index is -0.0000000800. The van der Waals surface area contributed by atoms with E-state index in [0.717, 1.165) is 0 Å². The second kappa shape index (κ2) is 7.07. The van der Waals surface area contributed by atoms with Gasteiger partial charge in [0.15, 0.2) is 0 Å². The van der Waals surface area contributed by atoms with Crippen molar-refractivity contribution in [2.24, 2.45) is 0 Å². The van der Waals surface area contributed by atoms with E-state index in [4.69, 9.17) is 18.6 Å². The molecule has 0 N–H and O–H groups in total. The molecule has 4 nitrogen and oxygen atoms in total. The number of rotatable bonds is 0. The van der Waals surface area contributed by atoms with Crippen LogP contribution in [0.5, 0.6) is 0 Å². The van der Waals surface area contributed by atoms with Crippen LogP contribution in [0.25, 0.3) is 0 Å². The van der Waals surface area contributed by atoms with E-state index in [1.807, 2.05) is 0 Å². The topological polar surface area (TPSA) is 92.2 Å². The maximum Gasteiger partial charge on any atom is 2.00 e. The van der Waals surface area contributed by atoms with Crippen LogP contribution in [0.4, 0.5) is 0 Å². The van der Waals surface area contributed by atoms with Crippen LogP contribution in [0.3, 0.4) is 0 Å². The van der Waals surface area contributed by atoms with Crippen LogP contribution < -0.4 is 18.6 Å². The van der Waals surface area contributed by atoms with Gasteiger partial charge in [-0.25, -0.2) is 18.6 Å². The molecule has 0 aliphatic carbocycles. The van der Waals surface area contributed by atoms with Gasteiger partial charge in [0, 0.05) is 0 Å². The molecular weight excluding hydrogens is 277 g/mol. The summed E-state index contributed by atoms with van der Waals surface area (Å²) in [4.78, 5) is 0. The van der Waals surface area contributed by atoms with Gasteiger partial charge in [-0.1, -0.05) is 0 Å². The van der Waals surface area contributed by atoms with E-state index in [-0.39, 0.29) is 86.6 Å². The molecular formula is BaCaClO4+3. The summed E-state index contributed by atoms with van der Waals surface area (Å²) in [7, 11) is -4.94. The molecule has 0 saturated heterocycles. The molecule has 0 aromatic carbocycles. The summed E-state index contributed by atoms with van der Waals surface area (Å²) in [6.45, 7) is 0. The fraction of sp³-hybridized carbons (Fsp3) is 0. The number of hydrogen-bond donors (Lipinski definition) is 0. The number of halogens is 1. The quantitative estimate of drug-likeness (QED) is 0.413. The van der Waals surface area contributed by atoms with Crippen LogP contribution in [0.1, 0.15) is 0 Å². The summed E-state index contributed by atoms with van der Waals surface area (Å²) in [6.07, 6.45) is 0. The van der Waals surface area contributed by atoms with Gasteiger partial charge in [0.25, 0.3) is 0 Å². The van der Waals surface area contributed by atoms with Gasteiger partial charge in [0.1, 0.15) is 0 Å². The predicted octanol–water partition coefficient (Wildman–Crippen LogP) is -5.52. The Labute approximate surface area is 113 Å². The summed E-state index contributed by atoms with van der Waals surface area (Å²) in [6, 6.07) is 0. The Bertz CT molecular complexity index is 27.2. The molecule has 0 heterocycles. The molecule has 7 heteroatoms. The van der Waals surface area contributed by atoms with Crippen molar-refractivity contribution in [3.05, 3.63) is 0 Å². The molecule has 0 aliphatic heterocycles. The minimum atomic E-state index is -4.94. The molecule has 0 fully saturated rings. The molecule has 0 radical (unpaired) electrons. The normalized spacial score (nSPS) is 8.57. The van der Waals surface area contributed by atoms with Gasteiger partial charge in [0.05, 0.1) is 0 Å². The average Bonchev–Trinajstić information content (AvgIpc) is 0.722. The first-order chi connectivity index (χ1) is 2.00. The van der Waals surface area contributed by atoms with Crippen molar-refractivity contribution in [2.75, 3.05) is 0 Å². The predicted molar refractivity (Wildman–Crippen MR) is 11.5 cm³/mol. The second-order valence-electron chi connectivity index (χ2n) is 0.378. The SMILES string of the molecule is [Ba+2].[Ca+2].[O-][Cl+3]([O-])([O-])[O-]. The molecule has 0 saturated carbocycles. The molecule has 0 unspecified atom stereocenters. The van der Waals surface area contributed by atoms with Crippen LogP contribution in [-0.4, -0.2) is 86.6 Å². The van der Waals surface area contributed by atoms with E-state index in [0.29, 0.717) is 0 Å². The van der Waals surface area contributed by atoms with Gasteiger partial charge in [0.2, 0.25) is 0 Å². The first kappa shape index (κ1) is 16.5. The van der Waals surface area contributed by atoms with Gasteiger partial charge in [-0.3, -0.25) is 0 Å². The van der Waals surface area contributed by atoms with Gasteiger partial charge >= 0.3 is 86.6 Å². The number of hydrogen-bond acceptors (Lipinski definition) is 4. The Morgan fingerprint density at radius 3 is 0.857 bits per heavy atom. The van der Waals surface area contributed by atoms with Crippen molar-refractivity contribution < 1.29 is 28.9 Å². The summed E-state index contributed by atoms with van der Waals surface area (Å²) in [5.74, 6) is 0. The third kappa shape index (κ3) is 49.5. The fourth-order valence-electron chi connectivity index (χ4n) is 0. The van der Waals surface area contributed by atoms with Crippen LogP contribution in [-0.2, 0) is 0 Å². The van der Waals surface area contributed by atoms with E-state index in [1.54, 1.807) is 0 Å². The minimum absolute atomic E-state index is 0. The van der Waals surface area contributed by atoms with Crippen LogP contribution in [0.15, 0.2) is 0 Å². The molecule has 0 bridgehead atoms. The van der Waals surface area contributed by atoms with Crippen molar-refractivity contribution in [3.63, 3.8) is 0 Å². The summed E-state index contributed by atoms with van der Waals surface area (Å²) in [5, 5.41) is 0. The molecule has 0 rings (SSSR count). The van der Waals surface area contributed by atoms with E-state index in [9.17, 15) is 0 Å². The molecule has 0 spiro atoms. The van der Waals surface area contributed by atoms with E-state index < -0.39 is 10.2 Å². The summed E-state index contributed by atoms with van der Waals surface area (Å²) < 4.78 is 34.0. The average molecular weight is 277 g/mol. The zero-order valence-corrected chi connectivity index (χ0v) is 10.8. The third-order valence-corrected chi connectivity index (χ3v) is 0. The first-order valence-electron chi connectivity index (χ1n) is 0.617. The largest absolute Gasteiger partial charge is 2.00 e. The summed E-state index contributed by atoms with van der Waals surface area (Å²) >= 11 is 0. The van der Waals surface area contributed by atoms with Crippen molar-refractivity contribution in [1.29, 1.82) is 0 Å². The smallest absolute Gasteiger partial charge is 0.222 e. The van der Waals surface area contributed by atoms with Gasteiger partial charge < -0.3 is 0 Å². The molecule has 32 valence electrons. The Hall–Kier alpha value is 2.96. The van der Waals surface area contributed by atoms with Gasteiger partial charge in [-0.15, -0.1) is 10.2 Å². The Morgan fingerprint density at radius 2 is 0.857 bits per heavy atom. The van der Waals surface area contributed by atoms with E-state index >= 15 is 0 Å². The van der Waals surface area contributed by atoms with Gasteiger partial charge in [-0.2, -0.15) is 0 Å². The Kier molecular flexibility index (Phi) is 16.7. The molecule has 7 heavy (non-hydrogen) atoms. The minimum Gasteiger partial charge on any atom is -0.222 e. The van der Waals surface area contributed by atoms with Crippen LogP contribution in [0, 0.1) is 10.2 Å². The van der Waals surface area contributed by atoms with Crippen molar-refractivity contribution >= 4 is 86.6 Å². The molecule has 0 amide bonds. The van der Waals surface area contributed by atoms with Crippen LogP contribution in [0.2, 0.25) is 0 Å². The zero-order chi connectivity index (χ0) is 4.50. The monoisotopic (exact) mass is 277 g/mol. The maximum absolute atomic E-state index is 8.49. The van der Waals surface area contributed by atoms with Crippen molar-refractivity contribution in [3.8, 4) is 0 Å². The maximum atomic E-state index is 8.49.